The van der Waals surface area contributed by atoms with Crippen molar-refractivity contribution in [2.75, 3.05) is 0 Å². The largest absolute Gasteiger partial charge is 0.391 e. The van der Waals surface area contributed by atoms with Crippen molar-refractivity contribution in [3.05, 3.63) is 28.2 Å². The van der Waals surface area contributed by atoms with Crippen molar-refractivity contribution < 1.29 is 13.2 Å². The average molecular weight is 360 g/mol. The summed E-state index contributed by atoms with van der Waals surface area (Å²) in [6.45, 7) is 6.01. The standard InChI is InChI=1S/C17H21ClF3N3/c1-9(2)15-10(3)22-14-8-13(23-24(14)16(15)18)11-4-6-12(7-5-11)17(19,20)21/h8-9,11-12H,4-7H2,1-3H3/t11-,12-. The predicted octanol–water partition coefficient (Wildman–Crippen LogP) is 5.65. The molecule has 3 nitrogen and oxygen atoms in total. The molecule has 1 saturated carbocycles. The summed E-state index contributed by atoms with van der Waals surface area (Å²) in [6.07, 6.45) is -2.75. The van der Waals surface area contributed by atoms with E-state index in [9.17, 15) is 13.2 Å². The Kier molecular flexibility index (Phi) is 4.53. The first-order valence-corrected chi connectivity index (χ1v) is 8.68. The van der Waals surface area contributed by atoms with Gasteiger partial charge in [-0.25, -0.2) is 9.50 Å². The van der Waals surface area contributed by atoms with Crippen LogP contribution in [0.25, 0.3) is 5.65 Å². The van der Waals surface area contributed by atoms with Gasteiger partial charge in [0.05, 0.1) is 11.6 Å². The van der Waals surface area contributed by atoms with Crippen LogP contribution in [0.3, 0.4) is 0 Å². The maximum absolute atomic E-state index is 12.8. The summed E-state index contributed by atoms with van der Waals surface area (Å²) in [4.78, 5) is 4.56. The highest BCUT2D eigenvalue weighted by atomic mass is 35.5. The molecule has 24 heavy (non-hydrogen) atoms. The number of nitrogens with zero attached hydrogens (tertiary/aromatic N) is 3. The lowest BCUT2D eigenvalue weighted by Gasteiger charge is -2.28. The predicted molar refractivity (Wildman–Crippen MR) is 87.6 cm³/mol. The van der Waals surface area contributed by atoms with Gasteiger partial charge in [0.15, 0.2) is 5.65 Å². The molecule has 0 unspecified atom stereocenters. The highest BCUT2D eigenvalue weighted by molar-refractivity contribution is 6.30. The molecule has 0 saturated heterocycles. The van der Waals surface area contributed by atoms with Crippen LogP contribution in [0.4, 0.5) is 13.2 Å². The topological polar surface area (TPSA) is 30.2 Å². The Bertz CT molecular complexity index is 744. The second-order valence-electron chi connectivity index (χ2n) is 6.99. The van der Waals surface area contributed by atoms with E-state index >= 15 is 0 Å². The van der Waals surface area contributed by atoms with Crippen molar-refractivity contribution in [3.8, 4) is 0 Å². The van der Waals surface area contributed by atoms with Crippen LogP contribution < -0.4 is 0 Å². The molecule has 0 spiro atoms. The normalized spacial score (nSPS) is 22.5. The second kappa shape index (κ2) is 6.21. The zero-order valence-corrected chi connectivity index (χ0v) is 14.7. The summed E-state index contributed by atoms with van der Waals surface area (Å²) >= 11 is 6.49. The van der Waals surface area contributed by atoms with Crippen LogP contribution in [0, 0.1) is 12.8 Å². The molecule has 2 aromatic rings. The number of hydrogen-bond donors (Lipinski definition) is 0. The van der Waals surface area contributed by atoms with E-state index in [1.165, 1.54) is 0 Å². The van der Waals surface area contributed by atoms with E-state index in [4.69, 9.17) is 11.6 Å². The molecule has 0 N–H and O–H groups in total. The summed E-state index contributed by atoms with van der Waals surface area (Å²) < 4.78 is 40.0. The Labute approximate surface area is 144 Å². The monoisotopic (exact) mass is 359 g/mol. The Hall–Kier alpha value is -1.30. The zero-order chi connectivity index (χ0) is 17.6. The Morgan fingerprint density at radius 2 is 1.83 bits per heavy atom. The van der Waals surface area contributed by atoms with Gasteiger partial charge >= 0.3 is 6.18 Å². The van der Waals surface area contributed by atoms with Crippen LogP contribution in [-0.4, -0.2) is 20.8 Å². The minimum atomic E-state index is -4.09. The fourth-order valence-corrected chi connectivity index (χ4v) is 4.16. The molecule has 7 heteroatoms. The third-order valence-electron chi connectivity index (χ3n) is 4.98. The van der Waals surface area contributed by atoms with Gasteiger partial charge in [0.1, 0.15) is 5.15 Å². The first kappa shape index (κ1) is 17.5. The highest BCUT2D eigenvalue weighted by Gasteiger charge is 2.41. The van der Waals surface area contributed by atoms with Gasteiger partial charge in [-0.05, 0) is 38.5 Å². The van der Waals surface area contributed by atoms with Crippen LogP contribution in [0.5, 0.6) is 0 Å². The quantitative estimate of drug-likeness (QED) is 0.648. The van der Waals surface area contributed by atoms with Crippen LogP contribution in [0.1, 0.15) is 68.3 Å². The van der Waals surface area contributed by atoms with Crippen LogP contribution in [-0.2, 0) is 0 Å². The number of alkyl halides is 3. The van der Waals surface area contributed by atoms with E-state index in [1.54, 1.807) is 4.52 Å². The number of halogens is 4. The van der Waals surface area contributed by atoms with Crippen molar-refractivity contribution >= 4 is 17.2 Å². The van der Waals surface area contributed by atoms with Gasteiger partial charge in [-0.2, -0.15) is 18.3 Å². The maximum Gasteiger partial charge on any atom is 0.391 e. The lowest BCUT2D eigenvalue weighted by molar-refractivity contribution is -0.182. The Morgan fingerprint density at radius 3 is 2.38 bits per heavy atom. The molecule has 0 amide bonds. The van der Waals surface area contributed by atoms with E-state index in [-0.39, 0.29) is 24.7 Å². The molecule has 1 aliphatic carbocycles. The zero-order valence-electron chi connectivity index (χ0n) is 14.0. The number of hydrogen-bond acceptors (Lipinski definition) is 2. The first-order valence-electron chi connectivity index (χ1n) is 8.31. The van der Waals surface area contributed by atoms with Crippen molar-refractivity contribution in [2.24, 2.45) is 5.92 Å². The molecule has 1 aliphatic rings. The van der Waals surface area contributed by atoms with E-state index in [0.717, 1.165) is 17.0 Å². The molecule has 2 heterocycles. The molecule has 1 fully saturated rings. The molecular weight excluding hydrogens is 339 g/mol. The maximum atomic E-state index is 12.8. The minimum Gasteiger partial charge on any atom is -0.233 e. The third-order valence-corrected chi connectivity index (χ3v) is 5.34. The van der Waals surface area contributed by atoms with E-state index in [2.05, 4.69) is 10.1 Å². The molecular formula is C17H21ClF3N3. The van der Waals surface area contributed by atoms with Gasteiger partial charge in [-0.15, -0.1) is 0 Å². The molecule has 0 aliphatic heterocycles. The van der Waals surface area contributed by atoms with Crippen LogP contribution in [0.2, 0.25) is 5.15 Å². The molecule has 0 aromatic carbocycles. The van der Waals surface area contributed by atoms with Gasteiger partial charge in [0.2, 0.25) is 0 Å². The summed E-state index contributed by atoms with van der Waals surface area (Å²) in [5.41, 5.74) is 3.29. The second-order valence-corrected chi connectivity index (χ2v) is 7.34. The van der Waals surface area contributed by atoms with E-state index < -0.39 is 12.1 Å². The average Bonchev–Trinajstić information content (AvgIpc) is 2.90. The summed E-state index contributed by atoms with van der Waals surface area (Å²) in [5.74, 6) is -0.907. The number of aryl methyl sites for hydroxylation is 1. The molecule has 0 atom stereocenters. The van der Waals surface area contributed by atoms with Gasteiger partial charge in [0.25, 0.3) is 0 Å². The lowest BCUT2D eigenvalue weighted by Crippen LogP contribution is -2.27. The van der Waals surface area contributed by atoms with E-state index in [1.807, 2.05) is 26.8 Å². The molecule has 2 aromatic heterocycles. The molecule has 132 valence electrons. The van der Waals surface area contributed by atoms with Gasteiger partial charge < -0.3 is 0 Å². The van der Waals surface area contributed by atoms with Gasteiger partial charge in [0, 0.05) is 23.2 Å². The first-order chi connectivity index (χ1) is 11.2. The number of fused-ring (bicyclic) bond motifs is 1. The van der Waals surface area contributed by atoms with Crippen molar-refractivity contribution in [1.29, 1.82) is 0 Å². The van der Waals surface area contributed by atoms with Crippen molar-refractivity contribution in [3.63, 3.8) is 0 Å². The number of rotatable bonds is 2. The van der Waals surface area contributed by atoms with Gasteiger partial charge in [-0.3, -0.25) is 0 Å². The molecule has 0 bridgehead atoms. The fraction of sp³-hybridized carbons (Fsp3) is 0.647. The smallest absolute Gasteiger partial charge is 0.233 e. The fourth-order valence-electron chi connectivity index (χ4n) is 3.68. The highest BCUT2D eigenvalue weighted by Crippen LogP contribution is 2.42. The Morgan fingerprint density at radius 1 is 1.21 bits per heavy atom. The van der Waals surface area contributed by atoms with Crippen molar-refractivity contribution in [2.45, 2.75) is 64.5 Å². The lowest BCUT2D eigenvalue weighted by atomic mass is 9.80. The Balaban J connectivity index is 1.89. The number of aromatic nitrogens is 3. The van der Waals surface area contributed by atoms with Crippen LogP contribution in [0.15, 0.2) is 6.07 Å². The van der Waals surface area contributed by atoms with Crippen molar-refractivity contribution in [1.82, 2.24) is 14.6 Å². The molecule has 0 radical (unpaired) electrons. The third kappa shape index (κ3) is 3.13. The molecule has 3 rings (SSSR count). The minimum absolute atomic E-state index is 0.0455. The van der Waals surface area contributed by atoms with Gasteiger partial charge in [-0.1, -0.05) is 25.4 Å². The SMILES string of the molecule is Cc1nc2cc([C@H]3CC[C@H](C(F)(F)F)CC3)nn2c(Cl)c1C(C)C. The van der Waals surface area contributed by atoms with E-state index in [0.29, 0.717) is 23.6 Å². The summed E-state index contributed by atoms with van der Waals surface area (Å²) in [6, 6.07) is 1.86. The summed E-state index contributed by atoms with van der Waals surface area (Å²) in [7, 11) is 0. The summed E-state index contributed by atoms with van der Waals surface area (Å²) in [5, 5.41) is 5.09. The van der Waals surface area contributed by atoms with Crippen LogP contribution >= 0.6 is 11.6 Å².